The Hall–Kier alpha value is 0.650. The molecule has 0 radical (unpaired) electrons. The number of hydrogen-bond acceptors (Lipinski definition) is 3. The number of amides is 2. The molecule has 1 fully saturated rings. The van der Waals surface area contributed by atoms with Gasteiger partial charge in [0.05, 0.1) is 0 Å². The lowest BCUT2D eigenvalue weighted by molar-refractivity contribution is 0.230. The van der Waals surface area contributed by atoms with E-state index in [9.17, 15) is 4.79 Å². The first-order valence-corrected chi connectivity index (χ1v) is 7.93. The van der Waals surface area contributed by atoms with Gasteiger partial charge in [0.25, 0.3) is 0 Å². The van der Waals surface area contributed by atoms with Crippen LogP contribution in [0.25, 0.3) is 0 Å². The number of carbonyl (C=O) groups excluding carboxylic acids is 1. The first-order chi connectivity index (χ1) is 8.11. The average Bonchev–Trinajstić information content (AvgIpc) is 2.29. The third-order valence-electron chi connectivity index (χ3n) is 2.92. The fourth-order valence-electron chi connectivity index (χ4n) is 1.91. The van der Waals surface area contributed by atoms with Crippen LogP contribution >= 0.6 is 45.7 Å². The van der Waals surface area contributed by atoms with Crippen LogP contribution in [0.5, 0.6) is 0 Å². The van der Waals surface area contributed by atoms with E-state index in [4.69, 9.17) is 0 Å². The molecule has 0 aliphatic heterocycles. The molecule has 0 aromatic heterocycles. The molecule has 1 rings (SSSR count). The first kappa shape index (κ1) is 15.7. The van der Waals surface area contributed by atoms with Crippen LogP contribution in [-0.2, 0) is 0 Å². The Labute approximate surface area is 131 Å². The lowest BCUT2D eigenvalue weighted by Crippen LogP contribution is -2.46. The lowest BCUT2D eigenvalue weighted by atomic mass is 9.92. The Morgan fingerprint density at radius 2 is 1.88 bits per heavy atom. The predicted octanol–water partition coefficient (Wildman–Crippen LogP) is 1.82. The molecule has 7 heteroatoms. The van der Waals surface area contributed by atoms with Gasteiger partial charge in [-0.2, -0.15) is 0 Å². The van der Waals surface area contributed by atoms with Crippen LogP contribution in [-0.4, -0.2) is 41.4 Å². The highest BCUT2D eigenvalue weighted by molar-refractivity contribution is 14.1. The van der Waals surface area contributed by atoms with Gasteiger partial charge in [0.15, 0.2) is 0 Å². The van der Waals surface area contributed by atoms with Crippen molar-refractivity contribution in [3.63, 3.8) is 0 Å². The second-order valence-corrected chi connectivity index (χ2v) is 6.66. The maximum Gasteiger partial charge on any atom is 0.315 e. The quantitative estimate of drug-likeness (QED) is 0.429. The number of hydrogen-bond donors (Lipinski definition) is 3. The Bertz CT molecular complexity index is 232. The monoisotopic (exact) mass is 466 g/mol. The van der Waals surface area contributed by atoms with Gasteiger partial charge >= 0.3 is 6.03 Å². The third kappa shape index (κ3) is 6.97. The van der Waals surface area contributed by atoms with Crippen LogP contribution in [0, 0.1) is 0 Å². The van der Waals surface area contributed by atoms with E-state index < -0.39 is 0 Å². The molecule has 2 amide bonds. The molecule has 1 saturated carbocycles. The van der Waals surface area contributed by atoms with E-state index in [-0.39, 0.29) is 6.03 Å². The van der Waals surface area contributed by atoms with Gasteiger partial charge < -0.3 is 10.6 Å². The van der Waals surface area contributed by atoms with E-state index in [2.05, 4.69) is 59.9 Å². The zero-order valence-electron chi connectivity index (χ0n) is 10.0. The molecule has 100 valence electrons. The van der Waals surface area contributed by atoms with Crippen LogP contribution in [0.15, 0.2) is 0 Å². The fraction of sp³-hybridized carbons (Fsp3) is 0.900. The molecule has 0 saturated heterocycles. The summed E-state index contributed by atoms with van der Waals surface area (Å²) < 4.78 is 5.28. The van der Waals surface area contributed by atoms with Gasteiger partial charge in [0.2, 0.25) is 0 Å². The molecular weight excluding hydrogens is 446 g/mol. The summed E-state index contributed by atoms with van der Waals surface area (Å²) in [5.41, 5.74) is 0. The molecule has 1 aliphatic rings. The van der Waals surface area contributed by atoms with Crippen molar-refractivity contribution in [2.45, 2.75) is 37.8 Å². The summed E-state index contributed by atoms with van der Waals surface area (Å²) in [6, 6.07) is 0.923. The Kier molecular flexibility index (Phi) is 8.04. The molecule has 3 N–H and O–H groups in total. The number of nitrogens with one attached hydrogen (secondary N) is 3. The van der Waals surface area contributed by atoms with E-state index in [1.54, 1.807) is 0 Å². The van der Waals surface area contributed by atoms with Crippen molar-refractivity contribution in [3.8, 4) is 0 Å². The Morgan fingerprint density at radius 3 is 2.41 bits per heavy atom. The van der Waals surface area contributed by atoms with Crippen LogP contribution < -0.4 is 14.2 Å². The normalized spacial score (nSPS) is 24.7. The van der Waals surface area contributed by atoms with Crippen molar-refractivity contribution in [3.05, 3.63) is 0 Å². The number of rotatable bonds is 5. The Balaban J connectivity index is 2.10. The molecule has 0 unspecified atom stereocenters. The second kappa shape index (κ2) is 8.70. The van der Waals surface area contributed by atoms with Crippen molar-refractivity contribution in [2.24, 2.45) is 0 Å². The van der Waals surface area contributed by atoms with E-state index in [0.717, 1.165) is 32.2 Å². The predicted molar refractivity (Wildman–Crippen MR) is 86.4 cm³/mol. The molecule has 0 bridgehead atoms. The highest BCUT2D eigenvalue weighted by atomic mass is 127. The summed E-state index contributed by atoms with van der Waals surface area (Å²) >= 11 is 4.41. The van der Waals surface area contributed by atoms with Crippen molar-refractivity contribution < 1.29 is 4.79 Å². The Morgan fingerprint density at radius 1 is 1.29 bits per heavy atom. The summed E-state index contributed by atoms with van der Waals surface area (Å²) in [5.74, 6) is 0. The maximum atomic E-state index is 11.6. The maximum absolute atomic E-state index is 11.6. The average molecular weight is 466 g/mol. The summed E-state index contributed by atoms with van der Waals surface area (Å²) in [6.07, 6.45) is 4.43. The molecule has 0 spiro atoms. The SMILES string of the molecule is CN(I)CCNC(=O)NC1CCC(NI)CC1. The highest BCUT2D eigenvalue weighted by Gasteiger charge is 2.21. The molecule has 0 heterocycles. The van der Waals surface area contributed by atoms with Gasteiger partial charge in [0, 0.05) is 70.9 Å². The first-order valence-electron chi connectivity index (χ1n) is 5.89. The van der Waals surface area contributed by atoms with Gasteiger partial charge in [-0.1, -0.05) is 0 Å². The van der Waals surface area contributed by atoms with E-state index in [1.165, 1.54) is 0 Å². The van der Waals surface area contributed by atoms with Crippen molar-refractivity contribution in [1.82, 2.24) is 17.3 Å². The van der Waals surface area contributed by atoms with E-state index in [1.807, 2.05) is 10.2 Å². The van der Waals surface area contributed by atoms with Crippen molar-refractivity contribution in [1.29, 1.82) is 0 Å². The fourth-order valence-corrected chi connectivity index (χ4v) is 2.77. The van der Waals surface area contributed by atoms with Crippen LogP contribution in [0.2, 0.25) is 0 Å². The molecule has 1 aliphatic carbocycles. The van der Waals surface area contributed by atoms with Crippen molar-refractivity contribution >= 4 is 51.8 Å². The highest BCUT2D eigenvalue weighted by Crippen LogP contribution is 2.19. The van der Waals surface area contributed by atoms with Crippen molar-refractivity contribution in [2.75, 3.05) is 20.1 Å². The van der Waals surface area contributed by atoms with Gasteiger partial charge in [0.1, 0.15) is 0 Å². The van der Waals surface area contributed by atoms with Gasteiger partial charge in [-0.05, 0) is 32.7 Å². The molecule has 0 aromatic carbocycles. The standard InChI is InChI=1S/C10H20I2N4O/c1-16(12)7-6-13-10(17)14-8-2-4-9(15-11)5-3-8/h8-9,15H,2-7H2,1H3,(H2,13,14,17). The van der Waals surface area contributed by atoms with E-state index in [0.29, 0.717) is 18.6 Å². The van der Waals surface area contributed by atoms with Crippen LogP contribution in [0.4, 0.5) is 4.79 Å². The molecular formula is C10H20I2N4O. The minimum Gasteiger partial charge on any atom is -0.337 e. The molecule has 17 heavy (non-hydrogen) atoms. The van der Waals surface area contributed by atoms with Crippen LogP contribution in [0.1, 0.15) is 25.7 Å². The number of urea groups is 1. The molecule has 0 aromatic rings. The summed E-state index contributed by atoms with van der Waals surface area (Å²) in [6.45, 7) is 1.55. The van der Waals surface area contributed by atoms with E-state index >= 15 is 0 Å². The largest absolute Gasteiger partial charge is 0.337 e. The summed E-state index contributed by atoms with van der Waals surface area (Å²) in [4.78, 5) is 11.6. The number of nitrogens with zero attached hydrogens (tertiary/aromatic N) is 1. The number of halogens is 2. The number of carbonyl (C=O) groups is 1. The lowest BCUT2D eigenvalue weighted by Gasteiger charge is -2.28. The van der Waals surface area contributed by atoms with Gasteiger partial charge in [-0.3, -0.25) is 3.53 Å². The minimum absolute atomic E-state index is 0.0332. The summed E-state index contributed by atoms with van der Waals surface area (Å²) in [5, 5.41) is 5.91. The third-order valence-corrected chi connectivity index (χ3v) is 4.29. The second-order valence-electron chi connectivity index (χ2n) is 4.39. The van der Waals surface area contributed by atoms with Gasteiger partial charge in [-0.15, -0.1) is 0 Å². The van der Waals surface area contributed by atoms with Gasteiger partial charge in [-0.25, -0.2) is 7.91 Å². The zero-order valence-corrected chi connectivity index (χ0v) is 14.3. The summed E-state index contributed by atoms with van der Waals surface area (Å²) in [7, 11) is 1.98. The molecule has 5 nitrogen and oxygen atoms in total. The van der Waals surface area contributed by atoms with Crippen LogP contribution in [0.3, 0.4) is 0 Å². The minimum atomic E-state index is -0.0332. The molecule has 0 atom stereocenters. The number of likely N-dealkylation sites (N-methyl/N-ethyl adjacent to an activating group) is 1. The zero-order chi connectivity index (χ0) is 12.7. The topological polar surface area (TPSA) is 56.4 Å². The smallest absolute Gasteiger partial charge is 0.315 e.